The van der Waals surface area contributed by atoms with E-state index in [0.29, 0.717) is 5.56 Å². The first-order chi connectivity index (χ1) is 14.6. The van der Waals surface area contributed by atoms with Crippen LogP contribution in [0.15, 0.2) is 53.3 Å². The highest BCUT2D eigenvalue weighted by Gasteiger charge is 2.58. The smallest absolute Gasteiger partial charge is 0.257 e. The number of rotatable bonds is 5. The van der Waals surface area contributed by atoms with Crippen molar-refractivity contribution < 1.29 is 14.0 Å². The summed E-state index contributed by atoms with van der Waals surface area (Å²) in [7, 11) is 0. The molecule has 5 heteroatoms. The van der Waals surface area contributed by atoms with Crippen molar-refractivity contribution in [2.75, 3.05) is 19.6 Å². The van der Waals surface area contributed by atoms with Gasteiger partial charge in [0.25, 0.3) is 5.91 Å². The Balaban J connectivity index is 1.16. The standard InChI is InChI=1S/C25H30N2O3/c28-22(26-18-25(9-4-5-10-25)20-6-2-1-3-7-20)21-16-24(21)11-13-27(14-12-24)23(29)19-8-15-30-17-19/h1-3,6-8,15,17,21H,4-5,9-14,16,18H2,(H,26,28)/t21-/m0/s1. The van der Waals surface area contributed by atoms with Gasteiger partial charge in [-0.3, -0.25) is 9.59 Å². The number of hydrogen-bond donors (Lipinski definition) is 1. The molecule has 1 N–H and O–H groups in total. The lowest BCUT2D eigenvalue weighted by Gasteiger charge is -2.33. The summed E-state index contributed by atoms with van der Waals surface area (Å²) >= 11 is 0. The number of amides is 2. The lowest BCUT2D eigenvalue weighted by Crippen LogP contribution is -2.42. The van der Waals surface area contributed by atoms with Crippen molar-refractivity contribution >= 4 is 11.8 Å². The molecule has 5 rings (SSSR count). The van der Waals surface area contributed by atoms with E-state index >= 15 is 0 Å². The first-order valence-corrected chi connectivity index (χ1v) is 11.3. The Morgan fingerprint density at radius 3 is 2.43 bits per heavy atom. The number of nitrogens with one attached hydrogen (secondary N) is 1. The average Bonchev–Trinajstić information content (AvgIpc) is 3.19. The SMILES string of the molecule is O=C(NCC1(c2ccccc2)CCCC1)[C@@H]1CC12CCN(C(=O)c1ccoc1)CC2. The van der Waals surface area contributed by atoms with Crippen LogP contribution in [0, 0.1) is 11.3 Å². The third-order valence-corrected chi connectivity index (χ3v) is 7.87. The summed E-state index contributed by atoms with van der Waals surface area (Å²) in [6, 6.07) is 12.4. The monoisotopic (exact) mass is 406 g/mol. The van der Waals surface area contributed by atoms with E-state index < -0.39 is 0 Å². The second kappa shape index (κ2) is 7.60. The summed E-state index contributed by atoms with van der Waals surface area (Å²) in [5, 5.41) is 3.32. The molecule has 2 heterocycles. The van der Waals surface area contributed by atoms with Gasteiger partial charge in [0.15, 0.2) is 0 Å². The number of hydrogen-bond acceptors (Lipinski definition) is 3. The number of benzene rings is 1. The second-order valence-electron chi connectivity index (χ2n) is 9.49. The predicted molar refractivity (Wildman–Crippen MR) is 114 cm³/mol. The van der Waals surface area contributed by atoms with Gasteiger partial charge < -0.3 is 14.6 Å². The zero-order chi connectivity index (χ0) is 20.6. The van der Waals surface area contributed by atoms with Crippen LogP contribution < -0.4 is 5.32 Å². The minimum atomic E-state index is 0.0336. The molecular formula is C25H30N2O3. The summed E-state index contributed by atoms with van der Waals surface area (Å²) < 4.78 is 5.04. The maximum absolute atomic E-state index is 13.0. The summed E-state index contributed by atoms with van der Waals surface area (Å²) in [5.41, 5.74) is 2.17. The summed E-state index contributed by atoms with van der Waals surface area (Å²) in [5.74, 6) is 0.357. The molecule has 2 aliphatic carbocycles. The molecule has 2 saturated carbocycles. The molecule has 1 atom stereocenters. The Morgan fingerprint density at radius 2 is 1.77 bits per heavy atom. The van der Waals surface area contributed by atoms with Gasteiger partial charge >= 0.3 is 0 Å². The van der Waals surface area contributed by atoms with Crippen LogP contribution in [0.4, 0.5) is 0 Å². The first kappa shape index (κ1) is 19.4. The molecule has 1 aromatic carbocycles. The molecule has 0 bridgehead atoms. The molecule has 1 saturated heterocycles. The van der Waals surface area contributed by atoms with Gasteiger partial charge in [-0.25, -0.2) is 0 Å². The highest BCUT2D eigenvalue weighted by Crippen LogP contribution is 2.59. The van der Waals surface area contributed by atoms with E-state index in [1.807, 2.05) is 4.90 Å². The first-order valence-electron chi connectivity index (χ1n) is 11.3. The predicted octanol–water partition coefficient (Wildman–Crippen LogP) is 4.15. The largest absolute Gasteiger partial charge is 0.472 e. The van der Waals surface area contributed by atoms with E-state index in [-0.39, 0.29) is 28.6 Å². The van der Waals surface area contributed by atoms with Crippen molar-refractivity contribution in [1.29, 1.82) is 0 Å². The van der Waals surface area contributed by atoms with Gasteiger partial charge in [-0.05, 0) is 49.1 Å². The second-order valence-corrected chi connectivity index (χ2v) is 9.49. The maximum Gasteiger partial charge on any atom is 0.257 e. The van der Waals surface area contributed by atoms with Gasteiger partial charge in [0.05, 0.1) is 11.8 Å². The van der Waals surface area contributed by atoms with Gasteiger partial charge in [0.2, 0.25) is 5.91 Å². The number of carbonyl (C=O) groups excluding carboxylic acids is 2. The third kappa shape index (κ3) is 3.44. The maximum atomic E-state index is 13.0. The fourth-order valence-electron chi connectivity index (χ4n) is 5.79. The van der Waals surface area contributed by atoms with Crippen LogP contribution in [0.2, 0.25) is 0 Å². The number of carbonyl (C=O) groups is 2. The molecule has 1 aliphatic heterocycles. The zero-order valence-electron chi connectivity index (χ0n) is 17.4. The molecule has 2 aromatic rings. The summed E-state index contributed by atoms with van der Waals surface area (Å²) in [6.45, 7) is 2.19. The molecule has 0 radical (unpaired) electrons. The summed E-state index contributed by atoms with van der Waals surface area (Å²) in [4.78, 5) is 27.4. The molecule has 30 heavy (non-hydrogen) atoms. The molecular weight excluding hydrogens is 376 g/mol. The molecule has 2 amide bonds. The molecule has 1 spiro atoms. The van der Waals surface area contributed by atoms with Gasteiger partial charge in [0.1, 0.15) is 6.26 Å². The van der Waals surface area contributed by atoms with Crippen molar-refractivity contribution in [2.45, 2.75) is 50.4 Å². The minimum Gasteiger partial charge on any atom is -0.472 e. The van der Waals surface area contributed by atoms with Crippen LogP contribution in [0.1, 0.15) is 60.9 Å². The van der Waals surface area contributed by atoms with E-state index in [2.05, 4.69) is 35.6 Å². The molecule has 3 fully saturated rings. The highest BCUT2D eigenvalue weighted by atomic mass is 16.3. The average molecular weight is 407 g/mol. The van der Waals surface area contributed by atoms with E-state index in [1.54, 1.807) is 6.07 Å². The Bertz CT molecular complexity index is 892. The quantitative estimate of drug-likeness (QED) is 0.811. The van der Waals surface area contributed by atoms with Crippen molar-refractivity contribution in [1.82, 2.24) is 10.2 Å². The summed E-state index contributed by atoms with van der Waals surface area (Å²) in [6.07, 6.45) is 10.6. The van der Waals surface area contributed by atoms with Crippen LogP contribution in [-0.4, -0.2) is 36.3 Å². The van der Waals surface area contributed by atoms with Gasteiger partial charge in [-0.1, -0.05) is 43.2 Å². The van der Waals surface area contributed by atoms with E-state index in [9.17, 15) is 9.59 Å². The number of likely N-dealkylation sites (tertiary alicyclic amines) is 1. The molecule has 5 nitrogen and oxygen atoms in total. The highest BCUT2D eigenvalue weighted by molar-refractivity contribution is 5.94. The number of furan rings is 1. The van der Waals surface area contributed by atoms with Gasteiger partial charge in [-0.2, -0.15) is 0 Å². The lowest BCUT2D eigenvalue weighted by molar-refractivity contribution is -0.123. The molecule has 0 unspecified atom stereocenters. The molecule has 158 valence electrons. The third-order valence-electron chi connectivity index (χ3n) is 7.87. The zero-order valence-corrected chi connectivity index (χ0v) is 17.4. The van der Waals surface area contributed by atoms with E-state index in [4.69, 9.17) is 4.42 Å². The molecule has 3 aliphatic rings. The van der Waals surface area contributed by atoms with Crippen molar-refractivity contribution in [3.63, 3.8) is 0 Å². The Hall–Kier alpha value is -2.56. The van der Waals surface area contributed by atoms with Gasteiger partial charge in [0, 0.05) is 31.0 Å². The number of nitrogens with zero attached hydrogens (tertiary/aromatic N) is 1. The lowest BCUT2D eigenvalue weighted by atomic mass is 9.78. The Kier molecular flexibility index (Phi) is 4.92. The molecule has 1 aromatic heterocycles. The van der Waals surface area contributed by atoms with Crippen molar-refractivity contribution in [3.05, 3.63) is 60.1 Å². The fourth-order valence-corrected chi connectivity index (χ4v) is 5.79. The van der Waals surface area contributed by atoms with E-state index in [1.165, 1.54) is 30.9 Å². The number of piperidine rings is 1. The normalized spacial score (nSPS) is 24.0. The van der Waals surface area contributed by atoms with Crippen LogP contribution >= 0.6 is 0 Å². The van der Waals surface area contributed by atoms with Crippen LogP contribution in [-0.2, 0) is 10.2 Å². The van der Waals surface area contributed by atoms with E-state index in [0.717, 1.165) is 51.7 Å². The Labute approximate surface area is 177 Å². The van der Waals surface area contributed by atoms with Crippen molar-refractivity contribution in [3.8, 4) is 0 Å². The van der Waals surface area contributed by atoms with Crippen LogP contribution in [0.5, 0.6) is 0 Å². The van der Waals surface area contributed by atoms with Crippen LogP contribution in [0.25, 0.3) is 0 Å². The van der Waals surface area contributed by atoms with Gasteiger partial charge in [-0.15, -0.1) is 0 Å². The Morgan fingerprint density at radius 1 is 1.03 bits per heavy atom. The topological polar surface area (TPSA) is 62.6 Å². The van der Waals surface area contributed by atoms with Crippen molar-refractivity contribution in [2.24, 2.45) is 11.3 Å². The minimum absolute atomic E-state index is 0.0336. The van der Waals surface area contributed by atoms with Crippen LogP contribution in [0.3, 0.4) is 0 Å². The fraction of sp³-hybridized carbons (Fsp3) is 0.520.